The van der Waals surface area contributed by atoms with Crippen molar-refractivity contribution in [1.29, 1.82) is 0 Å². The average molecular weight is 210 g/mol. The van der Waals surface area contributed by atoms with Gasteiger partial charge in [-0.05, 0) is 42.9 Å². The number of hydrogen-bond acceptors (Lipinski definition) is 1. The molecular weight excluding hydrogens is 184 g/mol. The fraction of sp³-hybridized carbons (Fsp3) is 1.00. The van der Waals surface area contributed by atoms with E-state index in [9.17, 15) is 5.11 Å². The molecule has 2 rings (SSSR count). The Morgan fingerprint density at radius 2 is 1.67 bits per heavy atom. The van der Waals surface area contributed by atoms with E-state index in [2.05, 4.69) is 20.8 Å². The molecule has 88 valence electrons. The molecule has 0 aromatic carbocycles. The minimum absolute atomic E-state index is 0.343. The average Bonchev–Trinajstić information content (AvgIpc) is 2.38. The van der Waals surface area contributed by atoms with Crippen molar-refractivity contribution in [3.05, 3.63) is 0 Å². The van der Waals surface area contributed by atoms with Gasteiger partial charge in [0.1, 0.15) is 0 Å². The maximum absolute atomic E-state index is 10.9. The predicted octanol–water partition coefficient (Wildman–Crippen LogP) is 3.75. The summed E-state index contributed by atoms with van der Waals surface area (Å²) in [5.74, 6) is 1.08. The van der Waals surface area contributed by atoms with E-state index < -0.39 is 0 Å². The summed E-state index contributed by atoms with van der Waals surface area (Å²) in [4.78, 5) is 0. The lowest BCUT2D eigenvalue weighted by atomic mass is 9.72. The largest absolute Gasteiger partial charge is 0.389 e. The third kappa shape index (κ3) is 2.08. The minimum Gasteiger partial charge on any atom is -0.389 e. The molecule has 0 amide bonds. The van der Waals surface area contributed by atoms with Gasteiger partial charge in [-0.15, -0.1) is 0 Å². The molecule has 0 saturated heterocycles. The quantitative estimate of drug-likeness (QED) is 0.699. The van der Waals surface area contributed by atoms with E-state index in [1.807, 2.05) is 0 Å². The van der Waals surface area contributed by atoms with Gasteiger partial charge in [0.05, 0.1) is 5.60 Å². The summed E-state index contributed by atoms with van der Waals surface area (Å²) in [5, 5.41) is 10.9. The van der Waals surface area contributed by atoms with Crippen molar-refractivity contribution in [3.8, 4) is 0 Å². The van der Waals surface area contributed by atoms with E-state index in [1.165, 1.54) is 38.5 Å². The highest BCUT2D eigenvalue weighted by molar-refractivity contribution is 5.02. The van der Waals surface area contributed by atoms with Crippen LogP contribution in [0.4, 0.5) is 0 Å². The maximum atomic E-state index is 10.9. The van der Waals surface area contributed by atoms with Crippen LogP contribution in [0.2, 0.25) is 0 Å². The summed E-state index contributed by atoms with van der Waals surface area (Å²) in [6, 6.07) is 0. The van der Waals surface area contributed by atoms with E-state index >= 15 is 0 Å². The zero-order valence-corrected chi connectivity index (χ0v) is 10.6. The molecule has 2 fully saturated rings. The van der Waals surface area contributed by atoms with Gasteiger partial charge < -0.3 is 5.11 Å². The van der Waals surface area contributed by atoms with E-state index in [0.29, 0.717) is 17.3 Å². The lowest BCUT2D eigenvalue weighted by molar-refractivity contribution is -0.0629. The van der Waals surface area contributed by atoms with Crippen LogP contribution >= 0.6 is 0 Å². The van der Waals surface area contributed by atoms with Crippen molar-refractivity contribution in [2.24, 2.45) is 17.3 Å². The first-order valence-corrected chi connectivity index (χ1v) is 6.66. The molecule has 0 heterocycles. The summed E-state index contributed by atoms with van der Waals surface area (Å²) in [6.45, 7) is 6.87. The molecule has 2 aliphatic rings. The Kier molecular flexibility index (Phi) is 2.87. The van der Waals surface area contributed by atoms with Crippen LogP contribution in [0.5, 0.6) is 0 Å². The molecular formula is C14H26O. The number of rotatable bonds is 1. The normalized spacial score (nSPS) is 42.0. The summed E-state index contributed by atoms with van der Waals surface area (Å²) in [5.41, 5.74) is 0.00946. The highest BCUT2D eigenvalue weighted by Crippen LogP contribution is 2.53. The van der Waals surface area contributed by atoms with Crippen LogP contribution in [0.15, 0.2) is 0 Å². The van der Waals surface area contributed by atoms with Gasteiger partial charge >= 0.3 is 0 Å². The van der Waals surface area contributed by atoms with E-state index in [-0.39, 0.29) is 5.60 Å². The van der Waals surface area contributed by atoms with Crippen molar-refractivity contribution in [2.75, 3.05) is 0 Å². The Morgan fingerprint density at radius 1 is 1.07 bits per heavy atom. The van der Waals surface area contributed by atoms with Crippen LogP contribution in [0.1, 0.15) is 65.7 Å². The fourth-order valence-corrected chi connectivity index (χ4v) is 4.17. The highest BCUT2D eigenvalue weighted by atomic mass is 16.3. The van der Waals surface area contributed by atoms with E-state index in [0.717, 1.165) is 6.42 Å². The third-order valence-corrected chi connectivity index (χ3v) is 4.79. The molecule has 1 N–H and O–H groups in total. The number of aliphatic hydroxyl groups is 1. The van der Waals surface area contributed by atoms with Gasteiger partial charge in [0, 0.05) is 0 Å². The molecule has 0 aromatic heterocycles. The van der Waals surface area contributed by atoms with Gasteiger partial charge in [0.15, 0.2) is 0 Å². The molecule has 15 heavy (non-hydrogen) atoms. The van der Waals surface area contributed by atoms with Gasteiger partial charge in [-0.25, -0.2) is 0 Å². The first-order chi connectivity index (χ1) is 6.94. The van der Waals surface area contributed by atoms with Crippen LogP contribution < -0.4 is 0 Å². The molecule has 2 aliphatic carbocycles. The van der Waals surface area contributed by atoms with Crippen LogP contribution in [-0.4, -0.2) is 10.7 Å². The lowest BCUT2D eigenvalue weighted by Gasteiger charge is -2.39. The van der Waals surface area contributed by atoms with Crippen LogP contribution in [0.25, 0.3) is 0 Å². The number of hydrogen-bond donors (Lipinski definition) is 1. The summed E-state index contributed by atoms with van der Waals surface area (Å²) in [6.07, 6.45) is 8.78. The summed E-state index contributed by atoms with van der Waals surface area (Å²) < 4.78 is 0. The van der Waals surface area contributed by atoms with Crippen LogP contribution in [-0.2, 0) is 0 Å². The molecule has 2 unspecified atom stereocenters. The molecule has 2 atom stereocenters. The topological polar surface area (TPSA) is 20.2 Å². The maximum Gasteiger partial charge on any atom is 0.0706 e. The van der Waals surface area contributed by atoms with Gasteiger partial charge in [-0.2, -0.15) is 0 Å². The summed E-state index contributed by atoms with van der Waals surface area (Å²) >= 11 is 0. The van der Waals surface area contributed by atoms with E-state index in [1.54, 1.807) is 0 Å². The smallest absolute Gasteiger partial charge is 0.0706 e. The second-order valence-corrected chi connectivity index (χ2v) is 6.77. The van der Waals surface area contributed by atoms with Crippen molar-refractivity contribution < 1.29 is 5.11 Å². The molecule has 0 bridgehead atoms. The summed E-state index contributed by atoms with van der Waals surface area (Å²) in [7, 11) is 0. The molecule has 2 saturated carbocycles. The van der Waals surface area contributed by atoms with Gasteiger partial charge in [0.25, 0.3) is 0 Å². The Bertz CT molecular complexity index is 227. The zero-order chi connectivity index (χ0) is 11.1. The molecule has 0 aliphatic heterocycles. The SMILES string of the molecule is CC1CC(C)(C)CC1(O)C1CCCCC1. The van der Waals surface area contributed by atoms with Gasteiger partial charge in [-0.1, -0.05) is 40.0 Å². The van der Waals surface area contributed by atoms with Crippen molar-refractivity contribution in [2.45, 2.75) is 71.3 Å². The highest BCUT2D eigenvalue weighted by Gasteiger charge is 2.51. The predicted molar refractivity (Wildman–Crippen MR) is 63.7 cm³/mol. The van der Waals surface area contributed by atoms with Gasteiger partial charge in [-0.3, -0.25) is 0 Å². The third-order valence-electron chi connectivity index (χ3n) is 4.79. The first-order valence-electron chi connectivity index (χ1n) is 6.66. The molecule has 0 aromatic rings. The first kappa shape index (κ1) is 11.4. The molecule has 0 spiro atoms. The Hall–Kier alpha value is -0.0400. The Balaban J connectivity index is 2.11. The second-order valence-electron chi connectivity index (χ2n) is 6.77. The fourth-order valence-electron chi connectivity index (χ4n) is 4.17. The van der Waals surface area contributed by atoms with E-state index in [4.69, 9.17) is 0 Å². The Morgan fingerprint density at radius 3 is 2.13 bits per heavy atom. The molecule has 1 nitrogen and oxygen atoms in total. The van der Waals surface area contributed by atoms with Crippen LogP contribution in [0.3, 0.4) is 0 Å². The second kappa shape index (κ2) is 3.76. The van der Waals surface area contributed by atoms with Crippen LogP contribution in [0, 0.1) is 17.3 Å². The van der Waals surface area contributed by atoms with Crippen molar-refractivity contribution in [1.82, 2.24) is 0 Å². The molecule has 0 radical (unpaired) electrons. The lowest BCUT2D eigenvalue weighted by Crippen LogP contribution is -2.41. The van der Waals surface area contributed by atoms with Gasteiger partial charge in [0.2, 0.25) is 0 Å². The zero-order valence-electron chi connectivity index (χ0n) is 10.6. The van der Waals surface area contributed by atoms with Crippen molar-refractivity contribution >= 4 is 0 Å². The minimum atomic E-state index is -0.343. The van der Waals surface area contributed by atoms with Crippen molar-refractivity contribution in [3.63, 3.8) is 0 Å². The monoisotopic (exact) mass is 210 g/mol. The standard InChI is InChI=1S/C14H26O/c1-11-9-13(2,3)10-14(11,15)12-7-5-4-6-8-12/h11-12,15H,4-10H2,1-3H3. The Labute approximate surface area is 94.3 Å². The molecule has 1 heteroatoms.